The lowest BCUT2D eigenvalue weighted by molar-refractivity contribution is 0.183. The van der Waals surface area contributed by atoms with Crippen molar-refractivity contribution < 1.29 is 0 Å². The molecule has 1 aliphatic heterocycles. The van der Waals surface area contributed by atoms with Gasteiger partial charge in [-0.05, 0) is 44.0 Å². The van der Waals surface area contributed by atoms with Crippen LogP contribution < -0.4 is 5.32 Å². The number of piperidine rings is 1. The molecule has 1 fully saturated rings. The minimum atomic E-state index is 0.682. The summed E-state index contributed by atoms with van der Waals surface area (Å²) in [6, 6.07) is 9.23. The number of rotatable bonds is 5. The van der Waals surface area contributed by atoms with Crippen LogP contribution in [0.5, 0.6) is 0 Å². The van der Waals surface area contributed by atoms with Crippen LogP contribution in [0.2, 0.25) is 0 Å². The minimum absolute atomic E-state index is 0.682. The summed E-state index contributed by atoms with van der Waals surface area (Å²) >= 11 is 3.64. The van der Waals surface area contributed by atoms with E-state index in [2.05, 4.69) is 57.3 Å². The lowest BCUT2D eigenvalue weighted by Crippen LogP contribution is -2.45. The SMILES string of the molecule is CCCNC1CCCN(Cc2ccccc2Br)C1. The fourth-order valence-corrected chi connectivity index (χ4v) is 2.99. The van der Waals surface area contributed by atoms with E-state index in [4.69, 9.17) is 0 Å². The van der Waals surface area contributed by atoms with Crippen LogP contribution in [0, 0.1) is 0 Å². The Kier molecular flexibility index (Phi) is 5.67. The summed E-state index contributed by atoms with van der Waals surface area (Å²) < 4.78 is 1.23. The first-order valence-electron chi connectivity index (χ1n) is 6.98. The Morgan fingerprint density at radius 3 is 3.00 bits per heavy atom. The van der Waals surface area contributed by atoms with Gasteiger partial charge in [0, 0.05) is 23.6 Å². The first-order chi connectivity index (χ1) is 8.79. The standard InChI is InChI=1S/C15H23BrN2/c1-2-9-17-14-7-5-10-18(12-14)11-13-6-3-4-8-15(13)16/h3-4,6,8,14,17H,2,5,7,9-12H2,1H3. The van der Waals surface area contributed by atoms with Crippen LogP contribution in [0.4, 0.5) is 0 Å². The Morgan fingerprint density at radius 1 is 1.39 bits per heavy atom. The zero-order valence-corrected chi connectivity index (χ0v) is 12.7. The lowest BCUT2D eigenvalue weighted by atomic mass is 10.0. The number of hydrogen-bond acceptors (Lipinski definition) is 2. The van der Waals surface area contributed by atoms with Gasteiger partial charge in [0.25, 0.3) is 0 Å². The van der Waals surface area contributed by atoms with Crippen molar-refractivity contribution in [1.82, 2.24) is 10.2 Å². The maximum atomic E-state index is 3.65. The molecule has 1 aliphatic rings. The van der Waals surface area contributed by atoms with E-state index in [1.165, 1.54) is 42.4 Å². The van der Waals surface area contributed by atoms with E-state index in [1.54, 1.807) is 0 Å². The van der Waals surface area contributed by atoms with Crippen molar-refractivity contribution in [3.8, 4) is 0 Å². The maximum Gasteiger partial charge on any atom is 0.0245 e. The topological polar surface area (TPSA) is 15.3 Å². The van der Waals surface area contributed by atoms with Gasteiger partial charge in [-0.3, -0.25) is 4.90 Å². The van der Waals surface area contributed by atoms with Crippen molar-refractivity contribution in [2.75, 3.05) is 19.6 Å². The van der Waals surface area contributed by atoms with Crippen LogP contribution in [0.3, 0.4) is 0 Å². The molecule has 0 aliphatic carbocycles. The molecule has 0 spiro atoms. The zero-order chi connectivity index (χ0) is 12.8. The van der Waals surface area contributed by atoms with Gasteiger partial charge in [0.1, 0.15) is 0 Å². The summed E-state index contributed by atoms with van der Waals surface area (Å²) in [5.41, 5.74) is 1.40. The Bertz CT molecular complexity index is 367. The van der Waals surface area contributed by atoms with Gasteiger partial charge in [-0.15, -0.1) is 0 Å². The van der Waals surface area contributed by atoms with Gasteiger partial charge in [-0.25, -0.2) is 0 Å². The average molecular weight is 311 g/mol. The molecule has 100 valence electrons. The molecule has 0 saturated carbocycles. The molecular weight excluding hydrogens is 288 g/mol. The second-order valence-electron chi connectivity index (χ2n) is 5.12. The molecule has 0 amide bonds. The Hall–Kier alpha value is -0.380. The van der Waals surface area contributed by atoms with Gasteiger partial charge in [0.2, 0.25) is 0 Å². The van der Waals surface area contributed by atoms with Crippen LogP contribution in [0.15, 0.2) is 28.7 Å². The highest BCUT2D eigenvalue weighted by atomic mass is 79.9. The lowest BCUT2D eigenvalue weighted by Gasteiger charge is -2.33. The molecule has 2 rings (SSSR count). The third-order valence-corrected chi connectivity index (χ3v) is 4.31. The van der Waals surface area contributed by atoms with Crippen molar-refractivity contribution in [1.29, 1.82) is 0 Å². The summed E-state index contributed by atoms with van der Waals surface area (Å²) in [4.78, 5) is 2.57. The molecule has 18 heavy (non-hydrogen) atoms. The second kappa shape index (κ2) is 7.27. The monoisotopic (exact) mass is 310 g/mol. The highest BCUT2D eigenvalue weighted by molar-refractivity contribution is 9.10. The van der Waals surface area contributed by atoms with Gasteiger partial charge >= 0.3 is 0 Å². The molecule has 0 radical (unpaired) electrons. The van der Waals surface area contributed by atoms with Gasteiger partial charge in [-0.2, -0.15) is 0 Å². The number of halogens is 1. The maximum absolute atomic E-state index is 3.65. The van der Waals surface area contributed by atoms with E-state index >= 15 is 0 Å². The summed E-state index contributed by atoms with van der Waals surface area (Å²) in [5, 5.41) is 3.65. The Morgan fingerprint density at radius 2 is 2.22 bits per heavy atom. The number of likely N-dealkylation sites (tertiary alicyclic amines) is 1. The molecular formula is C15H23BrN2. The fraction of sp³-hybridized carbons (Fsp3) is 0.600. The van der Waals surface area contributed by atoms with Crippen molar-refractivity contribution >= 4 is 15.9 Å². The van der Waals surface area contributed by atoms with Crippen molar-refractivity contribution in [3.63, 3.8) is 0 Å². The van der Waals surface area contributed by atoms with Gasteiger partial charge in [-0.1, -0.05) is 41.1 Å². The molecule has 1 N–H and O–H groups in total. The quantitative estimate of drug-likeness (QED) is 0.896. The van der Waals surface area contributed by atoms with E-state index in [0.29, 0.717) is 6.04 Å². The molecule has 3 heteroatoms. The molecule has 2 nitrogen and oxygen atoms in total. The molecule has 0 aromatic heterocycles. The summed E-state index contributed by atoms with van der Waals surface area (Å²) in [6.07, 6.45) is 3.86. The Balaban J connectivity index is 1.87. The van der Waals surface area contributed by atoms with Crippen molar-refractivity contribution in [2.24, 2.45) is 0 Å². The molecule has 1 atom stereocenters. The fourth-order valence-electron chi connectivity index (χ4n) is 2.58. The third-order valence-electron chi connectivity index (χ3n) is 3.54. The predicted octanol–water partition coefficient (Wildman–Crippen LogP) is 3.41. The Labute approximate surface area is 119 Å². The third kappa shape index (κ3) is 4.08. The minimum Gasteiger partial charge on any atom is -0.313 e. The normalized spacial score (nSPS) is 21.1. The first kappa shape index (κ1) is 14.0. The zero-order valence-electron chi connectivity index (χ0n) is 11.2. The predicted molar refractivity (Wildman–Crippen MR) is 80.7 cm³/mol. The van der Waals surface area contributed by atoms with Crippen LogP contribution >= 0.6 is 15.9 Å². The summed E-state index contributed by atoms with van der Waals surface area (Å²) in [5.74, 6) is 0. The van der Waals surface area contributed by atoms with Crippen LogP contribution in [-0.4, -0.2) is 30.6 Å². The number of hydrogen-bond donors (Lipinski definition) is 1. The highest BCUT2D eigenvalue weighted by Gasteiger charge is 2.19. The van der Waals surface area contributed by atoms with Crippen LogP contribution in [0.25, 0.3) is 0 Å². The van der Waals surface area contributed by atoms with Crippen LogP contribution in [-0.2, 0) is 6.54 Å². The number of nitrogens with one attached hydrogen (secondary N) is 1. The molecule has 1 unspecified atom stereocenters. The van der Waals surface area contributed by atoms with E-state index in [0.717, 1.165) is 13.1 Å². The van der Waals surface area contributed by atoms with Crippen LogP contribution in [0.1, 0.15) is 31.7 Å². The van der Waals surface area contributed by atoms with Gasteiger partial charge in [0.15, 0.2) is 0 Å². The smallest absolute Gasteiger partial charge is 0.0245 e. The molecule has 1 aromatic carbocycles. The van der Waals surface area contributed by atoms with Gasteiger partial charge < -0.3 is 5.32 Å². The van der Waals surface area contributed by atoms with E-state index in [-0.39, 0.29) is 0 Å². The second-order valence-corrected chi connectivity index (χ2v) is 5.97. The van der Waals surface area contributed by atoms with E-state index in [9.17, 15) is 0 Å². The first-order valence-corrected chi connectivity index (χ1v) is 7.78. The number of benzene rings is 1. The highest BCUT2D eigenvalue weighted by Crippen LogP contribution is 2.20. The van der Waals surface area contributed by atoms with Crippen molar-refractivity contribution in [3.05, 3.63) is 34.3 Å². The van der Waals surface area contributed by atoms with E-state index < -0.39 is 0 Å². The molecule has 0 bridgehead atoms. The van der Waals surface area contributed by atoms with Gasteiger partial charge in [0.05, 0.1) is 0 Å². The molecule has 1 saturated heterocycles. The summed E-state index contributed by atoms with van der Waals surface area (Å²) in [6.45, 7) is 6.85. The summed E-state index contributed by atoms with van der Waals surface area (Å²) in [7, 11) is 0. The largest absolute Gasteiger partial charge is 0.313 e. The average Bonchev–Trinajstić information content (AvgIpc) is 2.40. The molecule has 1 aromatic rings. The molecule has 1 heterocycles. The number of nitrogens with zero attached hydrogens (tertiary/aromatic N) is 1. The van der Waals surface area contributed by atoms with E-state index in [1.807, 2.05) is 0 Å². The van der Waals surface area contributed by atoms with Crippen molar-refractivity contribution in [2.45, 2.75) is 38.8 Å².